The van der Waals surface area contributed by atoms with E-state index in [0.717, 1.165) is 27.7 Å². The molecule has 2 heterocycles. The number of aryl methyl sites for hydroxylation is 2. The molecule has 0 aliphatic heterocycles. The zero-order valence-electron chi connectivity index (χ0n) is 19.1. The summed E-state index contributed by atoms with van der Waals surface area (Å²) in [6, 6.07) is 15.9. The van der Waals surface area contributed by atoms with Gasteiger partial charge in [-0.15, -0.1) is 0 Å². The molecule has 0 radical (unpaired) electrons. The van der Waals surface area contributed by atoms with Crippen molar-refractivity contribution in [3.05, 3.63) is 97.6 Å². The number of rotatable bonds is 6. The van der Waals surface area contributed by atoms with Gasteiger partial charge in [-0.3, -0.25) is 4.79 Å². The summed E-state index contributed by atoms with van der Waals surface area (Å²) in [5, 5.41) is 0. The average Bonchev–Trinajstić information content (AvgIpc) is 3.34. The number of aromatic nitrogens is 2. The molecule has 0 N–H and O–H groups in total. The molecule has 2 aromatic heterocycles. The maximum atomic E-state index is 13.9. The first-order chi connectivity index (χ1) is 16.5. The first-order valence-electron chi connectivity index (χ1n) is 11.0. The van der Waals surface area contributed by atoms with Crippen LogP contribution in [-0.2, 0) is 6.61 Å². The maximum absolute atomic E-state index is 13.9. The number of hydrogen-bond acceptors (Lipinski definition) is 5. The van der Waals surface area contributed by atoms with Crippen molar-refractivity contribution in [3.8, 4) is 11.5 Å². The van der Waals surface area contributed by atoms with Crippen molar-refractivity contribution < 1.29 is 13.9 Å². The van der Waals surface area contributed by atoms with Crippen LogP contribution in [0.2, 0.25) is 0 Å². The number of benzene rings is 3. The summed E-state index contributed by atoms with van der Waals surface area (Å²) in [4.78, 5) is 18.6. The second kappa shape index (κ2) is 8.91. The normalized spacial score (nSPS) is 12.1. The number of halogens is 1. The standard InChI is InChI=1S/C27H23FN2O3S/c1-4-32-23-13-18(10-12-22(23)33-15-19-7-5-6-8-20(19)28)14-24-26(31)30-21-11-9-16(2)17(3)25(21)29-27(30)34-24/h5-14H,4,15H2,1-3H3/b24-14+. The minimum absolute atomic E-state index is 0.0919. The van der Waals surface area contributed by atoms with Gasteiger partial charge in [-0.25, -0.2) is 13.8 Å². The van der Waals surface area contributed by atoms with Gasteiger partial charge in [0.25, 0.3) is 5.56 Å². The molecule has 0 aliphatic rings. The Bertz CT molecular complexity index is 1640. The van der Waals surface area contributed by atoms with Crippen LogP contribution in [0.5, 0.6) is 11.5 Å². The van der Waals surface area contributed by atoms with Crippen molar-refractivity contribution in [2.75, 3.05) is 6.61 Å². The van der Waals surface area contributed by atoms with Gasteiger partial charge in [0, 0.05) is 5.56 Å². The molecule has 0 amide bonds. The lowest BCUT2D eigenvalue weighted by Gasteiger charge is -2.13. The molecule has 0 bridgehead atoms. The van der Waals surface area contributed by atoms with E-state index in [2.05, 4.69) is 0 Å². The van der Waals surface area contributed by atoms with Gasteiger partial charge < -0.3 is 9.47 Å². The predicted molar refractivity (Wildman–Crippen MR) is 133 cm³/mol. The van der Waals surface area contributed by atoms with Crippen molar-refractivity contribution in [1.29, 1.82) is 0 Å². The van der Waals surface area contributed by atoms with Crippen LogP contribution in [0.3, 0.4) is 0 Å². The lowest BCUT2D eigenvalue weighted by atomic mass is 10.1. The third-order valence-electron chi connectivity index (χ3n) is 5.84. The van der Waals surface area contributed by atoms with E-state index in [0.29, 0.717) is 33.2 Å². The van der Waals surface area contributed by atoms with Crippen LogP contribution in [-0.4, -0.2) is 16.0 Å². The SMILES string of the molecule is CCOc1cc(/C=c2/sc3nc4c(C)c(C)ccc4n3c2=O)ccc1OCc1ccccc1F. The van der Waals surface area contributed by atoms with Crippen molar-refractivity contribution in [2.45, 2.75) is 27.4 Å². The minimum atomic E-state index is -0.311. The van der Waals surface area contributed by atoms with E-state index < -0.39 is 0 Å². The molecule has 0 fully saturated rings. The Labute approximate surface area is 199 Å². The summed E-state index contributed by atoms with van der Waals surface area (Å²) in [7, 11) is 0. The number of nitrogens with zero attached hydrogens (tertiary/aromatic N) is 2. The highest BCUT2D eigenvalue weighted by molar-refractivity contribution is 7.15. The quantitative estimate of drug-likeness (QED) is 0.340. The van der Waals surface area contributed by atoms with Gasteiger partial charge in [0.2, 0.25) is 0 Å². The van der Waals surface area contributed by atoms with Crippen molar-refractivity contribution in [2.24, 2.45) is 0 Å². The van der Waals surface area contributed by atoms with Crippen LogP contribution in [0.4, 0.5) is 4.39 Å². The van der Waals surface area contributed by atoms with Crippen molar-refractivity contribution >= 4 is 33.4 Å². The summed E-state index contributed by atoms with van der Waals surface area (Å²) in [6.07, 6.45) is 1.83. The highest BCUT2D eigenvalue weighted by Gasteiger charge is 2.14. The van der Waals surface area contributed by atoms with E-state index in [1.807, 2.05) is 51.1 Å². The zero-order chi connectivity index (χ0) is 23.8. The molecule has 0 saturated carbocycles. The fourth-order valence-electron chi connectivity index (χ4n) is 3.89. The molecule has 5 rings (SSSR count). The summed E-state index contributed by atoms with van der Waals surface area (Å²) < 4.78 is 27.8. The Morgan fingerprint density at radius 3 is 2.68 bits per heavy atom. The first-order valence-corrected chi connectivity index (χ1v) is 11.8. The highest BCUT2D eigenvalue weighted by Crippen LogP contribution is 2.30. The van der Waals surface area contributed by atoms with E-state index in [9.17, 15) is 9.18 Å². The number of imidazole rings is 1. The van der Waals surface area contributed by atoms with Crippen LogP contribution >= 0.6 is 11.3 Å². The number of ether oxygens (including phenoxy) is 2. The maximum Gasteiger partial charge on any atom is 0.274 e. The molecule has 7 heteroatoms. The number of fused-ring (bicyclic) bond motifs is 3. The summed E-state index contributed by atoms with van der Waals surface area (Å²) in [6.45, 7) is 6.49. The highest BCUT2D eigenvalue weighted by atomic mass is 32.1. The second-order valence-electron chi connectivity index (χ2n) is 8.04. The van der Waals surface area contributed by atoms with E-state index in [4.69, 9.17) is 14.5 Å². The summed E-state index contributed by atoms with van der Waals surface area (Å²) in [5.74, 6) is 0.745. The Kier molecular flexibility index (Phi) is 5.79. The van der Waals surface area contributed by atoms with Gasteiger partial charge in [0.1, 0.15) is 12.4 Å². The van der Waals surface area contributed by atoms with Gasteiger partial charge in [-0.1, -0.05) is 41.7 Å². The van der Waals surface area contributed by atoms with Crippen LogP contribution < -0.4 is 19.6 Å². The third kappa shape index (κ3) is 3.92. The molecule has 3 aromatic carbocycles. The van der Waals surface area contributed by atoms with Crippen LogP contribution in [0.1, 0.15) is 29.2 Å². The van der Waals surface area contributed by atoms with Crippen LogP contribution in [0.15, 0.2) is 59.4 Å². The van der Waals surface area contributed by atoms with E-state index in [-0.39, 0.29) is 18.0 Å². The van der Waals surface area contributed by atoms with Gasteiger partial charge in [0.15, 0.2) is 16.5 Å². The fourth-order valence-corrected chi connectivity index (χ4v) is 4.87. The van der Waals surface area contributed by atoms with E-state index >= 15 is 0 Å². The molecule has 34 heavy (non-hydrogen) atoms. The molecule has 5 nitrogen and oxygen atoms in total. The van der Waals surface area contributed by atoms with Gasteiger partial charge >= 0.3 is 0 Å². The van der Waals surface area contributed by atoms with Gasteiger partial charge in [0.05, 0.1) is 22.2 Å². The Morgan fingerprint density at radius 1 is 1.06 bits per heavy atom. The third-order valence-corrected chi connectivity index (χ3v) is 6.81. The van der Waals surface area contributed by atoms with E-state index in [1.54, 1.807) is 28.7 Å². The van der Waals surface area contributed by atoms with Gasteiger partial charge in [-0.05, 0) is 67.8 Å². The summed E-state index contributed by atoms with van der Waals surface area (Å²) >= 11 is 1.36. The number of thiazole rings is 1. The Morgan fingerprint density at radius 2 is 1.88 bits per heavy atom. The second-order valence-corrected chi connectivity index (χ2v) is 9.05. The van der Waals surface area contributed by atoms with Crippen molar-refractivity contribution in [3.63, 3.8) is 0 Å². The molecular formula is C27H23FN2O3S. The molecule has 5 aromatic rings. The minimum Gasteiger partial charge on any atom is -0.490 e. The predicted octanol–water partition coefficient (Wildman–Crippen LogP) is 5.19. The summed E-state index contributed by atoms with van der Waals surface area (Å²) in [5.41, 5.74) is 5.11. The monoisotopic (exact) mass is 474 g/mol. The first kappa shape index (κ1) is 22.1. The molecule has 0 aliphatic carbocycles. The smallest absolute Gasteiger partial charge is 0.274 e. The van der Waals surface area contributed by atoms with E-state index in [1.165, 1.54) is 17.4 Å². The topological polar surface area (TPSA) is 52.8 Å². The average molecular weight is 475 g/mol. The number of hydrogen-bond donors (Lipinski definition) is 0. The molecule has 0 spiro atoms. The van der Waals surface area contributed by atoms with Crippen LogP contribution in [0.25, 0.3) is 22.1 Å². The molecule has 0 atom stereocenters. The molecule has 0 saturated heterocycles. The fraction of sp³-hybridized carbons (Fsp3) is 0.185. The molecule has 172 valence electrons. The van der Waals surface area contributed by atoms with Crippen LogP contribution in [0, 0.1) is 19.7 Å². The Hall–Kier alpha value is -3.71. The molecular weight excluding hydrogens is 451 g/mol. The largest absolute Gasteiger partial charge is 0.490 e. The lowest BCUT2D eigenvalue weighted by Crippen LogP contribution is -2.22. The van der Waals surface area contributed by atoms with Gasteiger partial charge in [-0.2, -0.15) is 0 Å². The Balaban J connectivity index is 1.51. The zero-order valence-corrected chi connectivity index (χ0v) is 19.9. The molecule has 0 unspecified atom stereocenters. The van der Waals surface area contributed by atoms with Crippen molar-refractivity contribution in [1.82, 2.24) is 9.38 Å². The lowest BCUT2D eigenvalue weighted by molar-refractivity contribution is 0.266.